The zero-order chi connectivity index (χ0) is 27.9. The Bertz CT molecular complexity index is 1810. The van der Waals surface area contributed by atoms with Crippen molar-refractivity contribution >= 4 is 43.9 Å². The van der Waals surface area contributed by atoms with E-state index in [2.05, 4.69) is 25.4 Å². The van der Waals surface area contributed by atoms with E-state index in [1.165, 1.54) is 29.8 Å². The summed E-state index contributed by atoms with van der Waals surface area (Å²) in [4.78, 5) is 37.9. The van der Waals surface area contributed by atoms with Crippen molar-refractivity contribution in [3.05, 3.63) is 58.5 Å². The predicted molar refractivity (Wildman–Crippen MR) is 149 cm³/mol. The number of aromatic nitrogens is 4. The van der Waals surface area contributed by atoms with Crippen molar-refractivity contribution in [3.63, 3.8) is 0 Å². The molecule has 0 saturated heterocycles. The van der Waals surface area contributed by atoms with Crippen LogP contribution in [0.3, 0.4) is 0 Å². The van der Waals surface area contributed by atoms with E-state index in [0.717, 1.165) is 6.42 Å². The average molecular weight is 549 g/mol. The van der Waals surface area contributed by atoms with Gasteiger partial charge in [-0.1, -0.05) is 25.5 Å². The highest BCUT2D eigenvalue weighted by molar-refractivity contribution is 7.93. The molecular formula is C27H28N6O5S. The minimum atomic E-state index is -4.26. The van der Waals surface area contributed by atoms with Crippen LogP contribution in [0.15, 0.2) is 57.1 Å². The Morgan fingerprint density at radius 1 is 1.10 bits per heavy atom. The molecular weight excluding hydrogens is 520 g/mol. The van der Waals surface area contributed by atoms with Crippen LogP contribution in [0.4, 0.5) is 11.4 Å². The molecule has 3 heterocycles. The van der Waals surface area contributed by atoms with Crippen molar-refractivity contribution in [1.82, 2.24) is 19.7 Å². The molecule has 2 aromatic carbocycles. The maximum absolute atomic E-state index is 13.9. The summed E-state index contributed by atoms with van der Waals surface area (Å²) in [6.07, 6.45) is 1.43. The summed E-state index contributed by atoms with van der Waals surface area (Å²) in [6, 6.07) is 11.1. The molecule has 0 radical (unpaired) electrons. The van der Waals surface area contributed by atoms with Gasteiger partial charge in [-0.15, -0.1) is 0 Å². The number of amides is 1. The van der Waals surface area contributed by atoms with Crippen LogP contribution in [-0.4, -0.2) is 51.6 Å². The topological polar surface area (TPSA) is 148 Å². The van der Waals surface area contributed by atoms with Gasteiger partial charge < -0.3 is 15.0 Å². The second-order valence-corrected chi connectivity index (χ2v) is 11.2. The number of sulfone groups is 1. The zero-order valence-corrected chi connectivity index (χ0v) is 22.8. The SMILES string of the molecule is CCCc1nn(C)c2c(=O)[nH]c(-c3cc(S(=O)(=O)C4C(=O)Nc5ccccc5N=C4C)ccc3OCC)nc12. The van der Waals surface area contributed by atoms with Gasteiger partial charge in [0.2, 0.25) is 5.91 Å². The number of rotatable bonds is 7. The standard InChI is InChI=1S/C27H28N6O5S/c1-5-9-20-22-23(33(4)32-20)26(34)31-25(30-22)17-14-16(12-13-21(17)38-6-2)39(36,37)24-15(3)28-18-10-7-8-11-19(18)29-27(24)35/h7-8,10-14,24H,5-6,9H2,1-4H3,(H,29,35)(H,30,31,34). The molecule has 1 aliphatic heterocycles. The van der Waals surface area contributed by atoms with Gasteiger partial charge in [-0.2, -0.15) is 5.10 Å². The molecule has 12 heteroatoms. The summed E-state index contributed by atoms with van der Waals surface area (Å²) in [5.74, 6) is -0.228. The van der Waals surface area contributed by atoms with E-state index >= 15 is 0 Å². The summed E-state index contributed by atoms with van der Waals surface area (Å²) < 4.78 is 35.1. The maximum Gasteiger partial charge on any atom is 0.277 e. The predicted octanol–water partition coefficient (Wildman–Crippen LogP) is 3.56. The third-order valence-electron chi connectivity index (χ3n) is 6.47. The van der Waals surface area contributed by atoms with Crippen molar-refractivity contribution in [3.8, 4) is 17.1 Å². The number of nitrogens with zero attached hydrogens (tertiary/aromatic N) is 4. The van der Waals surface area contributed by atoms with Crippen molar-refractivity contribution in [1.29, 1.82) is 0 Å². The Morgan fingerprint density at radius 2 is 1.87 bits per heavy atom. The van der Waals surface area contributed by atoms with E-state index in [-0.39, 0.29) is 22.0 Å². The average Bonchev–Trinajstić information content (AvgIpc) is 3.13. The van der Waals surface area contributed by atoms with Crippen LogP contribution in [-0.2, 0) is 28.1 Å². The molecule has 39 heavy (non-hydrogen) atoms. The van der Waals surface area contributed by atoms with Gasteiger partial charge in [-0.3, -0.25) is 19.3 Å². The Morgan fingerprint density at radius 3 is 2.62 bits per heavy atom. The van der Waals surface area contributed by atoms with Crippen molar-refractivity contribution in [2.75, 3.05) is 11.9 Å². The summed E-state index contributed by atoms with van der Waals surface area (Å²) in [7, 11) is -2.59. The number of hydrogen-bond acceptors (Lipinski definition) is 8. The molecule has 0 spiro atoms. The molecule has 0 saturated carbocycles. The largest absolute Gasteiger partial charge is 0.493 e. The first-order chi connectivity index (χ1) is 18.6. The minimum absolute atomic E-state index is 0.135. The molecule has 202 valence electrons. The molecule has 1 unspecified atom stereocenters. The number of aryl methyl sites for hydroxylation is 2. The molecule has 0 aliphatic carbocycles. The Balaban J connectivity index is 1.66. The van der Waals surface area contributed by atoms with Crippen LogP contribution >= 0.6 is 0 Å². The number of hydrogen-bond donors (Lipinski definition) is 2. The molecule has 0 fully saturated rings. The number of H-pyrrole nitrogens is 1. The van der Waals surface area contributed by atoms with E-state index in [4.69, 9.17) is 4.74 Å². The lowest BCUT2D eigenvalue weighted by Crippen LogP contribution is -2.39. The number of fused-ring (bicyclic) bond motifs is 2. The first-order valence-electron chi connectivity index (χ1n) is 12.6. The van der Waals surface area contributed by atoms with Gasteiger partial charge in [0.1, 0.15) is 17.1 Å². The molecule has 5 rings (SSSR count). The highest BCUT2D eigenvalue weighted by Crippen LogP contribution is 2.34. The number of carbonyl (C=O) groups is 1. The first-order valence-corrected chi connectivity index (χ1v) is 14.1. The van der Waals surface area contributed by atoms with Gasteiger partial charge in [-0.05, 0) is 50.6 Å². The highest BCUT2D eigenvalue weighted by atomic mass is 32.2. The summed E-state index contributed by atoms with van der Waals surface area (Å²) in [5.41, 5.74) is 2.35. The number of para-hydroxylation sites is 2. The van der Waals surface area contributed by atoms with E-state index in [0.29, 0.717) is 46.9 Å². The molecule has 0 bridgehead atoms. The van der Waals surface area contributed by atoms with Gasteiger partial charge >= 0.3 is 0 Å². The number of carbonyl (C=O) groups excluding carboxylic acids is 1. The summed E-state index contributed by atoms with van der Waals surface area (Å²) >= 11 is 0. The number of aliphatic imine (C=N–C) groups is 1. The number of ether oxygens (including phenoxy) is 1. The molecule has 1 amide bonds. The quantitative estimate of drug-likeness (QED) is 0.359. The molecule has 1 aliphatic rings. The lowest BCUT2D eigenvalue weighted by molar-refractivity contribution is -0.114. The molecule has 11 nitrogen and oxygen atoms in total. The minimum Gasteiger partial charge on any atom is -0.493 e. The number of aromatic amines is 1. The van der Waals surface area contributed by atoms with E-state index < -0.39 is 26.6 Å². The van der Waals surface area contributed by atoms with Crippen LogP contribution in [0, 0.1) is 0 Å². The summed E-state index contributed by atoms with van der Waals surface area (Å²) in [5, 5.41) is 5.57. The Kier molecular flexibility index (Phi) is 6.81. The van der Waals surface area contributed by atoms with Gasteiger partial charge in [0.25, 0.3) is 5.56 Å². The van der Waals surface area contributed by atoms with Gasteiger partial charge in [-0.25, -0.2) is 13.4 Å². The van der Waals surface area contributed by atoms with Crippen LogP contribution < -0.4 is 15.6 Å². The third-order valence-corrected chi connectivity index (χ3v) is 8.56. The van der Waals surface area contributed by atoms with E-state index in [1.54, 1.807) is 38.2 Å². The lowest BCUT2D eigenvalue weighted by atomic mass is 10.1. The molecule has 4 aromatic rings. The second kappa shape index (κ2) is 10.1. The molecule has 1 atom stereocenters. The normalized spacial score (nSPS) is 15.4. The lowest BCUT2D eigenvalue weighted by Gasteiger charge is -2.17. The first kappa shape index (κ1) is 26.3. The second-order valence-electron chi connectivity index (χ2n) is 9.21. The van der Waals surface area contributed by atoms with Crippen LogP contribution in [0.5, 0.6) is 5.75 Å². The number of benzene rings is 2. The Labute approximate surface area is 224 Å². The van der Waals surface area contributed by atoms with Crippen LogP contribution in [0.1, 0.15) is 32.9 Å². The van der Waals surface area contributed by atoms with Gasteiger partial charge in [0.05, 0.1) is 34.1 Å². The number of nitrogens with one attached hydrogen (secondary N) is 2. The third kappa shape index (κ3) is 4.60. The fourth-order valence-electron chi connectivity index (χ4n) is 4.75. The Hall–Kier alpha value is -4.32. The van der Waals surface area contributed by atoms with Crippen molar-refractivity contribution in [2.45, 2.75) is 43.8 Å². The highest BCUT2D eigenvalue weighted by Gasteiger charge is 2.39. The van der Waals surface area contributed by atoms with Crippen LogP contribution in [0.2, 0.25) is 0 Å². The monoisotopic (exact) mass is 548 g/mol. The van der Waals surface area contributed by atoms with E-state index in [9.17, 15) is 18.0 Å². The van der Waals surface area contributed by atoms with Crippen molar-refractivity contribution < 1.29 is 17.9 Å². The van der Waals surface area contributed by atoms with Gasteiger partial charge in [0, 0.05) is 12.8 Å². The number of anilines is 1. The fourth-order valence-corrected chi connectivity index (χ4v) is 6.40. The van der Waals surface area contributed by atoms with Gasteiger partial charge in [0.15, 0.2) is 20.6 Å². The van der Waals surface area contributed by atoms with Crippen molar-refractivity contribution in [2.24, 2.45) is 12.0 Å². The molecule has 2 aromatic heterocycles. The zero-order valence-electron chi connectivity index (χ0n) is 22.0. The van der Waals surface area contributed by atoms with Crippen LogP contribution in [0.25, 0.3) is 22.4 Å². The summed E-state index contributed by atoms with van der Waals surface area (Å²) in [6.45, 7) is 5.61. The smallest absolute Gasteiger partial charge is 0.277 e. The maximum atomic E-state index is 13.9. The van der Waals surface area contributed by atoms with E-state index in [1.807, 2.05) is 6.92 Å². The fraction of sp³-hybridized carbons (Fsp3) is 0.296. The molecule has 2 N–H and O–H groups in total.